The fourth-order valence-electron chi connectivity index (χ4n) is 1.53. The fourth-order valence-corrected chi connectivity index (χ4v) is 1.53. The average molecular weight is 298 g/mol. The second-order valence-electron chi connectivity index (χ2n) is 4.10. The van der Waals surface area contributed by atoms with E-state index in [1.807, 2.05) is 0 Å². The molecule has 1 heterocycles. The second kappa shape index (κ2) is 5.39. The molecule has 0 fully saturated rings. The number of carbonyl (C=O) groups is 1. The van der Waals surface area contributed by atoms with Crippen molar-refractivity contribution in [1.29, 1.82) is 0 Å². The van der Waals surface area contributed by atoms with E-state index in [2.05, 4.69) is 9.97 Å². The van der Waals surface area contributed by atoms with Crippen molar-refractivity contribution in [2.45, 2.75) is 13.1 Å². The molecule has 8 heteroatoms. The van der Waals surface area contributed by atoms with Crippen LogP contribution < -0.4 is 4.74 Å². The molecule has 5 nitrogen and oxygen atoms in total. The standard InChI is InChI=1S/C13H9F3N2O3/c1-7-6-17-11(10(18-7)12(19)20)21-9-4-2-3-8(5-9)13(14,15)16/h2-6H,1H3,(H,19,20). The maximum atomic E-state index is 12.6. The van der Waals surface area contributed by atoms with Gasteiger partial charge in [-0.3, -0.25) is 0 Å². The monoisotopic (exact) mass is 298 g/mol. The summed E-state index contributed by atoms with van der Waals surface area (Å²) in [6, 6.07) is 4.06. The average Bonchev–Trinajstić information content (AvgIpc) is 2.40. The molecule has 2 aromatic rings. The van der Waals surface area contributed by atoms with Crippen molar-refractivity contribution in [3.05, 3.63) is 47.4 Å². The highest BCUT2D eigenvalue weighted by Crippen LogP contribution is 2.32. The van der Waals surface area contributed by atoms with E-state index in [9.17, 15) is 18.0 Å². The van der Waals surface area contributed by atoms with Crippen LogP contribution in [-0.4, -0.2) is 21.0 Å². The van der Waals surface area contributed by atoms with Crippen LogP contribution in [0.15, 0.2) is 30.5 Å². The van der Waals surface area contributed by atoms with Crippen LogP contribution in [0, 0.1) is 6.92 Å². The molecule has 0 radical (unpaired) electrons. The van der Waals surface area contributed by atoms with Crippen molar-refractivity contribution in [1.82, 2.24) is 9.97 Å². The quantitative estimate of drug-likeness (QED) is 0.941. The molecule has 0 aliphatic rings. The number of carboxylic acids is 1. The van der Waals surface area contributed by atoms with E-state index < -0.39 is 23.4 Å². The molecule has 110 valence electrons. The van der Waals surface area contributed by atoms with Crippen molar-refractivity contribution in [2.24, 2.45) is 0 Å². The Balaban J connectivity index is 2.37. The number of hydrogen-bond acceptors (Lipinski definition) is 4. The number of aromatic carboxylic acids is 1. The van der Waals surface area contributed by atoms with Gasteiger partial charge < -0.3 is 9.84 Å². The van der Waals surface area contributed by atoms with Gasteiger partial charge in [-0.05, 0) is 25.1 Å². The van der Waals surface area contributed by atoms with Gasteiger partial charge in [0.25, 0.3) is 5.88 Å². The van der Waals surface area contributed by atoms with Crippen LogP contribution in [0.5, 0.6) is 11.6 Å². The number of aromatic nitrogens is 2. The van der Waals surface area contributed by atoms with E-state index in [4.69, 9.17) is 9.84 Å². The van der Waals surface area contributed by atoms with Gasteiger partial charge in [0.15, 0.2) is 0 Å². The molecule has 0 spiro atoms. The third-order valence-electron chi connectivity index (χ3n) is 2.44. The van der Waals surface area contributed by atoms with Gasteiger partial charge in [0.2, 0.25) is 5.69 Å². The third-order valence-corrected chi connectivity index (χ3v) is 2.44. The first-order valence-corrected chi connectivity index (χ1v) is 5.69. The predicted octanol–water partition coefficient (Wildman–Crippen LogP) is 3.29. The zero-order valence-electron chi connectivity index (χ0n) is 10.7. The molecule has 2 rings (SSSR count). The summed E-state index contributed by atoms with van der Waals surface area (Å²) in [5, 5.41) is 8.99. The van der Waals surface area contributed by atoms with Gasteiger partial charge in [-0.1, -0.05) is 6.07 Å². The van der Waals surface area contributed by atoms with Crippen molar-refractivity contribution >= 4 is 5.97 Å². The molecule has 0 aliphatic carbocycles. The number of alkyl halides is 3. The topological polar surface area (TPSA) is 72.3 Å². The summed E-state index contributed by atoms with van der Waals surface area (Å²) in [4.78, 5) is 18.5. The zero-order chi connectivity index (χ0) is 15.6. The van der Waals surface area contributed by atoms with Crippen molar-refractivity contribution < 1.29 is 27.8 Å². The van der Waals surface area contributed by atoms with Crippen molar-refractivity contribution in [3.63, 3.8) is 0 Å². The normalized spacial score (nSPS) is 11.2. The van der Waals surface area contributed by atoms with Crippen LogP contribution >= 0.6 is 0 Å². The summed E-state index contributed by atoms with van der Waals surface area (Å²) in [6.07, 6.45) is -3.26. The maximum Gasteiger partial charge on any atom is 0.416 e. The minimum absolute atomic E-state index is 0.175. The lowest BCUT2D eigenvalue weighted by Crippen LogP contribution is -2.07. The van der Waals surface area contributed by atoms with Gasteiger partial charge in [-0.25, -0.2) is 14.8 Å². The van der Waals surface area contributed by atoms with E-state index in [0.717, 1.165) is 18.2 Å². The lowest BCUT2D eigenvalue weighted by atomic mass is 10.2. The van der Waals surface area contributed by atoms with Gasteiger partial charge in [-0.2, -0.15) is 13.2 Å². The predicted molar refractivity (Wildman–Crippen MR) is 65.2 cm³/mol. The SMILES string of the molecule is Cc1cnc(Oc2cccc(C(F)(F)F)c2)c(C(=O)O)n1. The number of carboxylic acid groups (broad SMARTS) is 1. The Morgan fingerprint density at radius 3 is 2.67 bits per heavy atom. The highest BCUT2D eigenvalue weighted by atomic mass is 19.4. The molecule has 1 aromatic carbocycles. The first-order chi connectivity index (χ1) is 9.77. The maximum absolute atomic E-state index is 12.6. The molecule has 1 N–H and O–H groups in total. The zero-order valence-corrected chi connectivity index (χ0v) is 10.7. The number of hydrogen-bond donors (Lipinski definition) is 1. The molecule has 0 atom stereocenters. The Morgan fingerprint density at radius 1 is 1.33 bits per heavy atom. The summed E-state index contributed by atoms with van der Waals surface area (Å²) in [7, 11) is 0. The van der Waals surface area contributed by atoms with Gasteiger partial charge in [0, 0.05) is 0 Å². The Morgan fingerprint density at radius 2 is 2.05 bits per heavy atom. The Kier molecular flexibility index (Phi) is 3.79. The van der Waals surface area contributed by atoms with E-state index >= 15 is 0 Å². The molecular formula is C13H9F3N2O3. The first kappa shape index (κ1) is 14.8. The molecule has 0 bridgehead atoms. The van der Waals surface area contributed by atoms with Crippen LogP contribution in [0.2, 0.25) is 0 Å². The van der Waals surface area contributed by atoms with E-state index in [0.29, 0.717) is 5.69 Å². The molecule has 0 unspecified atom stereocenters. The largest absolute Gasteiger partial charge is 0.476 e. The molecule has 0 aliphatic heterocycles. The van der Waals surface area contributed by atoms with Crippen molar-refractivity contribution in [3.8, 4) is 11.6 Å². The molecule has 0 amide bonds. The fraction of sp³-hybridized carbons (Fsp3) is 0.154. The number of aryl methyl sites for hydroxylation is 1. The molecule has 0 saturated heterocycles. The number of halogens is 3. The number of benzene rings is 1. The van der Waals surface area contributed by atoms with Crippen LogP contribution in [0.4, 0.5) is 13.2 Å². The molecule has 0 saturated carbocycles. The van der Waals surface area contributed by atoms with Gasteiger partial charge in [-0.15, -0.1) is 0 Å². The summed E-state index contributed by atoms with van der Waals surface area (Å²) in [5.74, 6) is -1.92. The number of nitrogens with zero attached hydrogens (tertiary/aromatic N) is 2. The minimum Gasteiger partial charge on any atom is -0.476 e. The number of ether oxygens (including phenoxy) is 1. The van der Waals surface area contributed by atoms with Gasteiger partial charge >= 0.3 is 12.1 Å². The van der Waals surface area contributed by atoms with E-state index in [1.54, 1.807) is 0 Å². The highest BCUT2D eigenvalue weighted by Gasteiger charge is 2.30. The van der Waals surface area contributed by atoms with Crippen LogP contribution in [0.3, 0.4) is 0 Å². The summed E-state index contributed by atoms with van der Waals surface area (Å²) < 4.78 is 42.9. The van der Waals surface area contributed by atoms with Crippen LogP contribution in [0.25, 0.3) is 0 Å². The first-order valence-electron chi connectivity index (χ1n) is 5.69. The lowest BCUT2D eigenvalue weighted by molar-refractivity contribution is -0.137. The highest BCUT2D eigenvalue weighted by molar-refractivity contribution is 5.87. The van der Waals surface area contributed by atoms with Gasteiger partial charge in [0.05, 0.1) is 17.5 Å². The van der Waals surface area contributed by atoms with Gasteiger partial charge in [0.1, 0.15) is 5.75 Å². The Labute approximate surface area is 117 Å². The smallest absolute Gasteiger partial charge is 0.416 e. The third kappa shape index (κ3) is 3.47. The van der Waals surface area contributed by atoms with Crippen LogP contribution in [-0.2, 0) is 6.18 Å². The molecular weight excluding hydrogens is 289 g/mol. The van der Waals surface area contributed by atoms with Crippen molar-refractivity contribution in [2.75, 3.05) is 0 Å². The Bertz CT molecular complexity index is 687. The van der Waals surface area contributed by atoms with E-state index in [1.165, 1.54) is 19.2 Å². The second-order valence-corrected chi connectivity index (χ2v) is 4.10. The summed E-state index contributed by atoms with van der Waals surface area (Å²) >= 11 is 0. The molecule has 1 aromatic heterocycles. The number of rotatable bonds is 3. The molecule has 21 heavy (non-hydrogen) atoms. The van der Waals surface area contributed by atoms with Crippen LogP contribution in [0.1, 0.15) is 21.7 Å². The minimum atomic E-state index is -4.52. The lowest BCUT2D eigenvalue weighted by Gasteiger charge is -2.10. The summed E-state index contributed by atoms with van der Waals surface area (Å²) in [5.41, 5.74) is -1.02. The summed E-state index contributed by atoms with van der Waals surface area (Å²) in [6.45, 7) is 1.54. The Hall–Kier alpha value is -2.64. The van der Waals surface area contributed by atoms with E-state index in [-0.39, 0.29) is 11.6 Å².